The highest BCUT2D eigenvalue weighted by Crippen LogP contribution is 1.89. The summed E-state index contributed by atoms with van der Waals surface area (Å²) < 4.78 is 27.9. The smallest absolute Gasteiger partial charge is 0.275 e. The van der Waals surface area contributed by atoms with Crippen molar-refractivity contribution in [1.29, 1.82) is 0 Å². The molecule has 104 valence electrons. The molecule has 7 heteroatoms. The van der Waals surface area contributed by atoms with Crippen molar-refractivity contribution in [2.24, 2.45) is 0 Å². The fourth-order valence-electron chi connectivity index (χ4n) is 0.891. The summed E-state index contributed by atoms with van der Waals surface area (Å²) in [6.07, 6.45) is 2.81. The van der Waals surface area contributed by atoms with Crippen LogP contribution in [-0.4, -0.2) is 63.8 Å². The van der Waals surface area contributed by atoms with Crippen molar-refractivity contribution < 1.29 is 22.2 Å². The van der Waals surface area contributed by atoms with E-state index in [-0.39, 0.29) is 5.91 Å². The second kappa shape index (κ2) is 8.43. The Bertz CT molecular complexity index is 299. The van der Waals surface area contributed by atoms with E-state index in [9.17, 15) is 4.79 Å². The van der Waals surface area contributed by atoms with Crippen LogP contribution in [0, 0.1) is 0 Å². The maximum atomic E-state index is 11.2. The van der Waals surface area contributed by atoms with Crippen LogP contribution in [0.15, 0.2) is 0 Å². The second-order valence-electron chi connectivity index (χ2n) is 4.86. The van der Waals surface area contributed by atoms with E-state index in [0.717, 1.165) is 19.4 Å². The first kappa shape index (κ1) is 18.7. The van der Waals surface area contributed by atoms with E-state index in [2.05, 4.69) is 12.2 Å². The number of unbranched alkanes of at least 4 members (excludes halogenated alkanes) is 1. The van der Waals surface area contributed by atoms with Gasteiger partial charge in [0.1, 0.15) is 0 Å². The third-order valence-electron chi connectivity index (χ3n) is 1.47. The lowest BCUT2D eigenvalue weighted by Crippen LogP contribution is -2.44. The molecular weight excluding hydrogens is 244 g/mol. The lowest BCUT2D eigenvalue weighted by molar-refractivity contribution is -0.862. The number of nitrogens with one attached hydrogen (secondary N) is 1. The molecule has 0 radical (unpaired) electrons. The molecule has 0 rings (SSSR count). The maximum Gasteiger partial charge on any atom is 0.275 e. The van der Waals surface area contributed by atoms with Gasteiger partial charge in [0.05, 0.1) is 31.3 Å². The molecule has 1 N–H and O–H groups in total. The Morgan fingerprint density at radius 2 is 1.71 bits per heavy atom. The van der Waals surface area contributed by atoms with Crippen LogP contribution in [0.4, 0.5) is 0 Å². The van der Waals surface area contributed by atoms with Gasteiger partial charge in [-0.25, -0.2) is 8.42 Å². The summed E-state index contributed by atoms with van der Waals surface area (Å²) in [4.78, 5) is 11.2. The summed E-state index contributed by atoms with van der Waals surface area (Å²) in [6, 6.07) is 0. The van der Waals surface area contributed by atoms with Gasteiger partial charge < -0.3 is 14.4 Å². The first-order chi connectivity index (χ1) is 7.45. The minimum atomic E-state index is -3.92. The number of amides is 1. The number of carbonyl (C=O) groups excluding carboxylic acids is 1. The minimum absolute atomic E-state index is 0.149. The Balaban J connectivity index is 0. The molecule has 0 aliphatic heterocycles. The van der Waals surface area contributed by atoms with Gasteiger partial charge in [-0.05, 0) is 6.42 Å². The molecule has 17 heavy (non-hydrogen) atoms. The molecule has 6 nitrogen and oxygen atoms in total. The van der Waals surface area contributed by atoms with Crippen LogP contribution >= 0.6 is 0 Å². The lowest BCUT2D eigenvalue weighted by atomic mass is 10.3. The van der Waals surface area contributed by atoms with Crippen LogP contribution in [0.5, 0.6) is 0 Å². The molecule has 1 amide bonds. The molecule has 0 aromatic heterocycles. The monoisotopic (exact) mass is 268 g/mol. The van der Waals surface area contributed by atoms with Gasteiger partial charge in [-0.1, -0.05) is 13.3 Å². The average molecular weight is 268 g/mol. The van der Waals surface area contributed by atoms with Crippen LogP contribution in [0.25, 0.3) is 0 Å². The Hall–Kier alpha value is -0.660. The van der Waals surface area contributed by atoms with Crippen LogP contribution in [0.1, 0.15) is 19.8 Å². The van der Waals surface area contributed by atoms with Crippen molar-refractivity contribution in [3.63, 3.8) is 0 Å². The largest absolute Gasteiger partial charge is 0.748 e. The quantitative estimate of drug-likeness (QED) is 0.424. The Kier molecular flexibility index (Phi) is 9.28. The van der Waals surface area contributed by atoms with Gasteiger partial charge >= 0.3 is 0 Å². The van der Waals surface area contributed by atoms with Gasteiger partial charge in [-0.2, -0.15) is 0 Å². The fourth-order valence-corrected chi connectivity index (χ4v) is 0.891. The maximum absolute atomic E-state index is 11.2. The number of hydrogen-bond donors (Lipinski definition) is 1. The topological polar surface area (TPSA) is 86.3 Å². The summed E-state index contributed by atoms with van der Waals surface area (Å²) in [5.41, 5.74) is 0. The third kappa shape index (κ3) is 31.3. The Labute approximate surface area is 104 Å². The Morgan fingerprint density at radius 1 is 1.29 bits per heavy atom. The second-order valence-corrected chi connectivity index (χ2v) is 6.26. The van der Waals surface area contributed by atoms with E-state index in [4.69, 9.17) is 13.0 Å². The molecule has 0 saturated heterocycles. The molecular formula is C10H24N2O4S. The molecule has 0 heterocycles. The van der Waals surface area contributed by atoms with Crippen molar-refractivity contribution in [3.8, 4) is 0 Å². The van der Waals surface area contributed by atoms with Crippen molar-refractivity contribution in [3.05, 3.63) is 0 Å². The lowest BCUT2D eigenvalue weighted by Gasteiger charge is -2.22. The molecule has 0 aliphatic rings. The molecule has 0 bridgehead atoms. The molecule has 0 aromatic rings. The highest BCUT2D eigenvalue weighted by molar-refractivity contribution is 7.84. The number of rotatable bonds is 5. The minimum Gasteiger partial charge on any atom is -0.748 e. The molecule has 0 aromatic carbocycles. The number of nitrogens with zero attached hydrogens (tertiary/aromatic N) is 1. The van der Waals surface area contributed by atoms with Crippen LogP contribution < -0.4 is 5.32 Å². The zero-order valence-electron chi connectivity index (χ0n) is 11.3. The third-order valence-corrected chi connectivity index (χ3v) is 1.47. The van der Waals surface area contributed by atoms with Crippen molar-refractivity contribution in [2.45, 2.75) is 19.8 Å². The van der Waals surface area contributed by atoms with Gasteiger partial charge in [-0.3, -0.25) is 4.79 Å². The van der Waals surface area contributed by atoms with Crippen LogP contribution in [0.2, 0.25) is 0 Å². The van der Waals surface area contributed by atoms with E-state index in [1.54, 1.807) is 0 Å². The summed E-state index contributed by atoms with van der Waals surface area (Å²) in [5.74, 6) is 0.149. The highest BCUT2D eigenvalue weighted by Gasteiger charge is 2.12. The van der Waals surface area contributed by atoms with Gasteiger partial charge in [0.25, 0.3) is 5.91 Å². The molecule has 0 unspecified atom stereocenters. The standard InChI is InChI=1S/C9H20N2O.CH4O3S/c1-5-6-7-10-9(12)8-11(2,3)4;1-5(2,3)4/h5-8H2,1-4H3;1H3,(H,2,3,4). The average Bonchev–Trinajstić information content (AvgIpc) is 1.97. The predicted molar refractivity (Wildman–Crippen MR) is 66.4 cm³/mol. The van der Waals surface area contributed by atoms with Crippen molar-refractivity contribution >= 4 is 16.0 Å². The van der Waals surface area contributed by atoms with Gasteiger partial charge in [-0.15, -0.1) is 0 Å². The first-order valence-electron chi connectivity index (χ1n) is 5.43. The SMILES string of the molecule is CCCCNC(=O)C[N+](C)(C)C.CS(=O)(=O)[O-]. The number of carbonyl (C=O) groups is 1. The number of hydrogen-bond acceptors (Lipinski definition) is 4. The van der Waals surface area contributed by atoms with Gasteiger partial charge in [0.15, 0.2) is 6.54 Å². The Morgan fingerprint density at radius 3 is 2.00 bits per heavy atom. The molecule has 0 atom stereocenters. The molecule has 0 saturated carbocycles. The predicted octanol–water partition coefficient (Wildman–Crippen LogP) is -0.230. The number of likely N-dealkylation sites (N-methyl/N-ethyl adjacent to an activating group) is 1. The van der Waals surface area contributed by atoms with Crippen molar-refractivity contribution in [2.75, 3.05) is 40.5 Å². The first-order valence-corrected chi connectivity index (χ1v) is 7.25. The van der Waals surface area contributed by atoms with E-state index in [0.29, 0.717) is 17.3 Å². The van der Waals surface area contributed by atoms with E-state index >= 15 is 0 Å². The molecule has 0 fully saturated rings. The van der Waals surface area contributed by atoms with Gasteiger partial charge in [0.2, 0.25) is 0 Å². The highest BCUT2D eigenvalue weighted by atomic mass is 32.2. The zero-order chi connectivity index (χ0) is 14.1. The van der Waals surface area contributed by atoms with E-state index in [1.807, 2.05) is 21.1 Å². The van der Waals surface area contributed by atoms with Crippen LogP contribution in [-0.2, 0) is 14.9 Å². The summed E-state index contributed by atoms with van der Waals surface area (Å²) in [7, 11) is 2.12. The van der Waals surface area contributed by atoms with Gasteiger partial charge in [0, 0.05) is 12.8 Å². The normalized spacial score (nSPS) is 11.4. The van der Waals surface area contributed by atoms with Crippen LogP contribution in [0.3, 0.4) is 0 Å². The summed E-state index contributed by atoms with van der Waals surface area (Å²) in [5, 5.41) is 2.89. The zero-order valence-corrected chi connectivity index (χ0v) is 12.1. The molecule has 0 aliphatic carbocycles. The number of quaternary nitrogens is 1. The van der Waals surface area contributed by atoms with E-state index in [1.165, 1.54) is 0 Å². The summed E-state index contributed by atoms with van der Waals surface area (Å²) in [6.45, 7) is 3.49. The summed E-state index contributed by atoms with van der Waals surface area (Å²) >= 11 is 0. The van der Waals surface area contributed by atoms with E-state index < -0.39 is 10.1 Å². The molecule has 0 spiro atoms. The van der Waals surface area contributed by atoms with Crippen molar-refractivity contribution in [1.82, 2.24) is 5.32 Å². The fraction of sp³-hybridized carbons (Fsp3) is 0.900.